The Morgan fingerprint density at radius 3 is 2.80 bits per heavy atom. The number of hydrogen-bond donors (Lipinski definition) is 2. The number of fused-ring (bicyclic) bond motifs is 2. The Labute approximate surface area is 143 Å². The van der Waals surface area contributed by atoms with E-state index in [4.69, 9.17) is 0 Å². The van der Waals surface area contributed by atoms with Gasteiger partial charge in [0.1, 0.15) is 11.4 Å². The monoisotopic (exact) mass is 329 g/mol. The smallest absolute Gasteiger partial charge is 0.248 e. The molecule has 25 heavy (non-hydrogen) atoms. The molecule has 0 fully saturated rings. The molecule has 0 aliphatic carbocycles. The van der Waals surface area contributed by atoms with E-state index in [1.807, 2.05) is 47.0 Å². The van der Waals surface area contributed by atoms with Gasteiger partial charge in [-0.2, -0.15) is 0 Å². The summed E-state index contributed by atoms with van der Waals surface area (Å²) < 4.78 is 1.90. The number of phenolic OH excluding ortho intramolecular Hbond substituents is 1. The zero-order valence-electron chi connectivity index (χ0n) is 13.3. The Morgan fingerprint density at radius 2 is 1.88 bits per heavy atom. The van der Waals surface area contributed by atoms with Crippen molar-refractivity contribution in [3.05, 3.63) is 78.8 Å². The van der Waals surface area contributed by atoms with Crippen LogP contribution >= 0.6 is 0 Å². The van der Waals surface area contributed by atoms with Crippen molar-refractivity contribution in [3.8, 4) is 5.75 Å². The molecular formula is C20H15N3O2. The Bertz CT molecular complexity index is 1110. The van der Waals surface area contributed by atoms with Gasteiger partial charge in [-0.3, -0.25) is 4.79 Å². The summed E-state index contributed by atoms with van der Waals surface area (Å²) in [6, 6.07) is 16.4. The van der Waals surface area contributed by atoms with Crippen LogP contribution in [0.4, 0.5) is 5.69 Å². The third-order valence-electron chi connectivity index (χ3n) is 4.01. The summed E-state index contributed by atoms with van der Waals surface area (Å²) in [5, 5.41) is 14.3. The lowest BCUT2D eigenvalue weighted by Gasteiger charge is -2.08. The van der Waals surface area contributed by atoms with Crippen LogP contribution < -0.4 is 5.32 Å². The molecule has 122 valence electrons. The molecule has 0 saturated carbocycles. The molecule has 4 aromatic rings. The Kier molecular flexibility index (Phi) is 3.67. The molecule has 5 nitrogen and oxygen atoms in total. The van der Waals surface area contributed by atoms with Gasteiger partial charge in [-0.1, -0.05) is 30.3 Å². The van der Waals surface area contributed by atoms with Gasteiger partial charge < -0.3 is 14.8 Å². The maximum absolute atomic E-state index is 12.3. The average molecular weight is 329 g/mol. The normalized spacial score (nSPS) is 11.4. The number of phenols is 1. The van der Waals surface area contributed by atoms with Crippen molar-refractivity contribution in [3.63, 3.8) is 0 Å². The Hall–Kier alpha value is -3.60. The van der Waals surface area contributed by atoms with Gasteiger partial charge in [-0.05, 0) is 30.3 Å². The van der Waals surface area contributed by atoms with Gasteiger partial charge in [0.25, 0.3) is 0 Å². The molecular weight excluding hydrogens is 314 g/mol. The second-order valence-corrected chi connectivity index (χ2v) is 5.61. The molecule has 0 aliphatic rings. The number of rotatable bonds is 3. The number of nitrogens with one attached hydrogen (secondary N) is 1. The summed E-state index contributed by atoms with van der Waals surface area (Å²) in [6.45, 7) is 0. The van der Waals surface area contributed by atoms with Crippen LogP contribution in [0.2, 0.25) is 0 Å². The van der Waals surface area contributed by atoms with Crippen LogP contribution in [0.15, 0.2) is 73.1 Å². The van der Waals surface area contributed by atoms with E-state index in [0.29, 0.717) is 11.1 Å². The highest BCUT2D eigenvalue weighted by atomic mass is 16.3. The molecule has 0 spiro atoms. The van der Waals surface area contributed by atoms with Crippen molar-refractivity contribution in [2.24, 2.45) is 0 Å². The summed E-state index contributed by atoms with van der Waals surface area (Å²) in [7, 11) is 0. The number of anilines is 1. The molecule has 0 radical (unpaired) electrons. The van der Waals surface area contributed by atoms with Gasteiger partial charge in [0.15, 0.2) is 0 Å². The second-order valence-electron chi connectivity index (χ2n) is 5.61. The fourth-order valence-corrected chi connectivity index (χ4v) is 2.81. The number of pyridine rings is 1. The van der Waals surface area contributed by atoms with E-state index in [2.05, 4.69) is 10.3 Å². The van der Waals surface area contributed by atoms with E-state index in [1.54, 1.807) is 30.5 Å². The summed E-state index contributed by atoms with van der Waals surface area (Å²) in [4.78, 5) is 16.6. The number of carbonyl (C=O) groups is 1. The summed E-state index contributed by atoms with van der Waals surface area (Å²) >= 11 is 0. The van der Waals surface area contributed by atoms with Crippen molar-refractivity contribution >= 4 is 34.1 Å². The maximum atomic E-state index is 12.3. The van der Waals surface area contributed by atoms with Crippen LogP contribution in [0.5, 0.6) is 5.75 Å². The fraction of sp³-hybridized carbons (Fsp3) is 0. The van der Waals surface area contributed by atoms with E-state index >= 15 is 0 Å². The van der Waals surface area contributed by atoms with Crippen LogP contribution in [-0.2, 0) is 4.79 Å². The molecule has 5 heteroatoms. The number of nitrogens with zero attached hydrogens (tertiary/aromatic N) is 2. The zero-order valence-corrected chi connectivity index (χ0v) is 13.3. The van der Waals surface area contributed by atoms with Crippen molar-refractivity contribution in [1.29, 1.82) is 0 Å². The number of amides is 1. The quantitative estimate of drug-likeness (QED) is 0.561. The number of aromatic hydroxyl groups is 1. The number of imidazole rings is 1. The summed E-state index contributed by atoms with van der Waals surface area (Å²) in [5.74, 6) is -0.0587. The molecule has 0 atom stereocenters. The molecule has 2 N–H and O–H groups in total. The van der Waals surface area contributed by atoms with Crippen molar-refractivity contribution in [2.45, 2.75) is 0 Å². The lowest BCUT2D eigenvalue weighted by molar-refractivity contribution is -0.111. The Balaban J connectivity index is 1.60. The molecule has 0 saturated heterocycles. The summed E-state index contributed by atoms with van der Waals surface area (Å²) in [5.41, 5.74) is 2.30. The summed E-state index contributed by atoms with van der Waals surface area (Å²) in [6.07, 6.45) is 6.80. The Morgan fingerprint density at radius 1 is 1.04 bits per heavy atom. The molecule has 4 rings (SSSR count). The van der Waals surface area contributed by atoms with Crippen LogP contribution in [0.25, 0.3) is 22.5 Å². The second kappa shape index (κ2) is 6.13. The maximum Gasteiger partial charge on any atom is 0.248 e. The predicted molar refractivity (Wildman–Crippen MR) is 98.5 cm³/mol. The topological polar surface area (TPSA) is 66.6 Å². The minimum Gasteiger partial charge on any atom is -0.507 e. The van der Waals surface area contributed by atoms with Gasteiger partial charge in [0.05, 0.1) is 11.9 Å². The first-order valence-corrected chi connectivity index (χ1v) is 7.84. The van der Waals surface area contributed by atoms with E-state index in [9.17, 15) is 9.90 Å². The highest BCUT2D eigenvalue weighted by Gasteiger charge is 2.06. The first kappa shape index (κ1) is 15.0. The molecule has 2 aromatic carbocycles. The minimum absolute atomic E-state index is 0.190. The van der Waals surface area contributed by atoms with Gasteiger partial charge in [-0.15, -0.1) is 0 Å². The zero-order chi connectivity index (χ0) is 17.2. The van der Waals surface area contributed by atoms with E-state index < -0.39 is 0 Å². The average Bonchev–Trinajstić information content (AvgIpc) is 3.04. The number of benzene rings is 2. The van der Waals surface area contributed by atoms with Crippen LogP contribution in [0, 0.1) is 0 Å². The lowest BCUT2D eigenvalue weighted by atomic mass is 10.1. The van der Waals surface area contributed by atoms with Gasteiger partial charge >= 0.3 is 0 Å². The van der Waals surface area contributed by atoms with E-state index in [1.165, 1.54) is 6.08 Å². The van der Waals surface area contributed by atoms with Crippen molar-refractivity contribution < 1.29 is 9.90 Å². The predicted octanol–water partition coefficient (Wildman–Crippen LogP) is 3.85. The highest BCUT2D eigenvalue weighted by molar-refractivity contribution is 6.08. The minimum atomic E-state index is -0.248. The number of hydrogen-bond acceptors (Lipinski definition) is 3. The fourth-order valence-electron chi connectivity index (χ4n) is 2.81. The van der Waals surface area contributed by atoms with E-state index in [-0.39, 0.29) is 11.7 Å². The van der Waals surface area contributed by atoms with Crippen LogP contribution in [-0.4, -0.2) is 20.4 Å². The first-order chi connectivity index (χ1) is 12.2. The lowest BCUT2D eigenvalue weighted by Crippen LogP contribution is -2.08. The highest BCUT2D eigenvalue weighted by Crippen LogP contribution is 2.29. The molecule has 2 aromatic heterocycles. The first-order valence-electron chi connectivity index (χ1n) is 7.84. The van der Waals surface area contributed by atoms with Crippen LogP contribution in [0.1, 0.15) is 5.69 Å². The van der Waals surface area contributed by atoms with Gasteiger partial charge in [0.2, 0.25) is 5.91 Å². The standard InChI is InChI=1S/C20H15N3O2/c24-18-8-4-5-15-16(18)6-3-7-17(15)22-20(25)11-10-14-13-21-19-9-1-2-12-23(14)19/h1-13,24H,(H,22,25)/b11-10+. The van der Waals surface area contributed by atoms with Crippen molar-refractivity contribution in [2.75, 3.05) is 5.32 Å². The number of aromatic nitrogens is 2. The van der Waals surface area contributed by atoms with Crippen LogP contribution in [0.3, 0.4) is 0 Å². The van der Waals surface area contributed by atoms with Gasteiger partial charge in [0, 0.05) is 28.7 Å². The molecule has 0 bridgehead atoms. The third kappa shape index (κ3) is 2.83. The van der Waals surface area contributed by atoms with Gasteiger partial charge in [-0.25, -0.2) is 4.98 Å². The van der Waals surface area contributed by atoms with E-state index in [0.717, 1.165) is 16.7 Å². The largest absolute Gasteiger partial charge is 0.507 e. The molecule has 0 unspecified atom stereocenters. The van der Waals surface area contributed by atoms with Crippen molar-refractivity contribution in [1.82, 2.24) is 9.38 Å². The third-order valence-corrected chi connectivity index (χ3v) is 4.01. The molecule has 2 heterocycles. The SMILES string of the molecule is O=C(/C=C/c1cnc2ccccn12)Nc1cccc2c(O)cccc12. The molecule has 0 aliphatic heterocycles. The molecule has 1 amide bonds. The number of carbonyl (C=O) groups excluding carboxylic acids is 1.